The van der Waals surface area contributed by atoms with Crippen molar-refractivity contribution in [2.45, 2.75) is 77.0 Å². The number of carboxylic acids is 1. The Kier molecular flexibility index (Phi) is 7.20. The second kappa shape index (κ2) is 10.3. The molecule has 33 heavy (non-hydrogen) atoms. The van der Waals surface area contributed by atoms with Crippen molar-refractivity contribution >= 4 is 12.1 Å². The Morgan fingerprint density at radius 3 is 2.55 bits per heavy atom. The molecule has 0 unspecified atom stereocenters. The molecule has 2 aliphatic carbocycles. The van der Waals surface area contributed by atoms with E-state index < -0.39 is 5.97 Å². The lowest BCUT2D eigenvalue weighted by atomic mass is 9.87. The van der Waals surface area contributed by atoms with E-state index in [1.807, 2.05) is 38.2 Å². The van der Waals surface area contributed by atoms with Crippen LogP contribution in [0.1, 0.15) is 62.6 Å². The van der Waals surface area contributed by atoms with Crippen LogP contribution in [0.25, 0.3) is 11.3 Å². The van der Waals surface area contributed by atoms with Crippen LogP contribution in [-0.4, -0.2) is 51.5 Å². The monoisotopic (exact) mass is 455 g/mol. The van der Waals surface area contributed by atoms with Gasteiger partial charge < -0.3 is 19.5 Å². The molecule has 8 heteroatoms. The zero-order chi connectivity index (χ0) is 23.4. The van der Waals surface area contributed by atoms with Gasteiger partial charge >= 0.3 is 12.1 Å². The average Bonchev–Trinajstić information content (AvgIpc) is 3.48. The highest BCUT2D eigenvalue weighted by Gasteiger charge is 2.28. The van der Waals surface area contributed by atoms with Gasteiger partial charge in [0.15, 0.2) is 0 Å². The summed E-state index contributed by atoms with van der Waals surface area (Å²) in [4.78, 5) is 25.5. The first-order valence-corrected chi connectivity index (χ1v) is 11.9. The second-order valence-electron chi connectivity index (χ2n) is 9.23. The third-order valence-electron chi connectivity index (χ3n) is 7.00. The van der Waals surface area contributed by atoms with E-state index in [4.69, 9.17) is 9.47 Å². The van der Waals surface area contributed by atoms with Crippen LogP contribution < -0.4 is 4.74 Å². The van der Waals surface area contributed by atoms with Crippen LogP contribution in [-0.2, 0) is 16.1 Å². The van der Waals surface area contributed by atoms with Crippen LogP contribution in [0.2, 0.25) is 0 Å². The fourth-order valence-electron chi connectivity index (χ4n) is 4.92. The summed E-state index contributed by atoms with van der Waals surface area (Å²) in [5.74, 6) is -0.345. The Morgan fingerprint density at radius 2 is 1.85 bits per heavy atom. The number of ether oxygens (including phenoxy) is 2. The molecule has 0 aliphatic heterocycles. The minimum atomic E-state index is -0.740. The lowest BCUT2D eigenvalue weighted by Gasteiger charge is -2.27. The molecule has 2 saturated carbocycles. The first-order chi connectivity index (χ1) is 15.9. The molecule has 0 saturated heterocycles. The van der Waals surface area contributed by atoms with Crippen molar-refractivity contribution in [1.29, 1.82) is 0 Å². The van der Waals surface area contributed by atoms with E-state index in [1.165, 1.54) is 0 Å². The Morgan fingerprint density at radius 1 is 1.12 bits per heavy atom. The number of nitrogens with zero attached hydrogens (tertiary/aromatic N) is 2. The molecule has 4 rings (SSSR count). The van der Waals surface area contributed by atoms with E-state index in [0.29, 0.717) is 6.42 Å². The predicted octanol–water partition coefficient (Wildman–Crippen LogP) is 4.92. The number of hydrogen-bond donors (Lipinski definition) is 2. The van der Waals surface area contributed by atoms with Gasteiger partial charge in [-0.3, -0.25) is 9.89 Å². The summed E-state index contributed by atoms with van der Waals surface area (Å²) >= 11 is 0. The van der Waals surface area contributed by atoms with Crippen molar-refractivity contribution < 1.29 is 24.2 Å². The Balaban J connectivity index is 1.38. The van der Waals surface area contributed by atoms with E-state index >= 15 is 0 Å². The molecular formula is C25H33N3O5. The smallest absolute Gasteiger partial charge is 0.410 e. The Labute approximate surface area is 194 Å². The van der Waals surface area contributed by atoms with Crippen molar-refractivity contribution in [1.82, 2.24) is 15.1 Å². The normalized spacial score (nSPS) is 21.0. The molecular weight excluding hydrogens is 422 g/mol. The minimum absolute atomic E-state index is 0.0769. The standard InChI is InChI=1S/C25H33N3O5/c1-16-22(15-32-25(31)28(2)19-7-3-4-8-19)23(27-26-16)17-10-12-20(13-11-17)33-21-9-5-6-18(14-21)24(29)30/h10-13,18-19,21H,3-9,14-15H2,1-2H3,(H,26,27)(H,29,30)/t18-,21-/m0/s1. The lowest BCUT2D eigenvalue weighted by molar-refractivity contribution is -0.143. The van der Waals surface area contributed by atoms with Crippen LogP contribution in [0, 0.1) is 12.8 Å². The molecule has 2 N–H and O–H groups in total. The number of carbonyl (C=O) groups is 2. The molecule has 178 valence electrons. The van der Waals surface area contributed by atoms with Crippen molar-refractivity contribution in [2.75, 3.05) is 7.05 Å². The third-order valence-corrected chi connectivity index (χ3v) is 7.00. The maximum Gasteiger partial charge on any atom is 0.410 e. The number of carbonyl (C=O) groups excluding carboxylic acids is 1. The number of H-pyrrole nitrogens is 1. The number of rotatable bonds is 7. The molecule has 8 nitrogen and oxygen atoms in total. The summed E-state index contributed by atoms with van der Waals surface area (Å²) in [6.07, 6.45) is 7.01. The fraction of sp³-hybridized carbons (Fsp3) is 0.560. The van der Waals surface area contributed by atoms with Gasteiger partial charge in [0.2, 0.25) is 0 Å². The van der Waals surface area contributed by atoms with Gasteiger partial charge in [0.05, 0.1) is 23.4 Å². The molecule has 0 radical (unpaired) electrons. The maximum absolute atomic E-state index is 12.5. The van der Waals surface area contributed by atoms with Crippen molar-refractivity contribution in [3.63, 3.8) is 0 Å². The molecule has 0 bridgehead atoms. The van der Waals surface area contributed by atoms with Gasteiger partial charge in [-0.15, -0.1) is 0 Å². The number of carboxylic acid groups (broad SMARTS) is 1. The van der Waals surface area contributed by atoms with Gasteiger partial charge in [-0.25, -0.2) is 4.79 Å². The number of hydrogen-bond acceptors (Lipinski definition) is 5. The fourth-order valence-corrected chi connectivity index (χ4v) is 4.92. The number of aliphatic carboxylic acids is 1. The summed E-state index contributed by atoms with van der Waals surface area (Å²) < 4.78 is 11.7. The van der Waals surface area contributed by atoms with Crippen LogP contribution in [0.5, 0.6) is 5.75 Å². The topological polar surface area (TPSA) is 105 Å². The largest absolute Gasteiger partial charge is 0.490 e. The van der Waals surface area contributed by atoms with Gasteiger partial charge in [0.1, 0.15) is 12.4 Å². The first kappa shape index (κ1) is 23.1. The Bertz CT molecular complexity index is 965. The van der Waals surface area contributed by atoms with Crippen LogP contribution in [0.4, 0.5) is 4.79 Å². The summed E-state index contributed by atoms with van der Waals surface area (Å²) in [6, 6.07) is 7.93. The second-order valence-corrected chi connectivity index (χ2v) is 9.23. The van der Waals surface area contributed by atoms with Crippen LogP contribution >= 0.6 is 0 Å². The summed E-state index contributed by atoms with van der Waals surface area (Å²) in [6.45, 7) is 2.05. The number of benzene rings is 1. The van der Waals surface area contributed by atoms with Crippen molar-refractivity contribution in [3.05, 3.63) is 35.5 Å². The SMILES string of the molecule is Cc1n[nH]c(-c2ccc(O[C@H]3CCC[C@H](C(=O)O)C3)cc2)c1COC(=O)N(C)C1CCCC1. The molecule has 1 aromatic heterocycles. The van der Waals surface area contributed by atoms with Gasteiger partial charge in [0.25, 0.3) is 0 Å². The van der Waals surface area contributed by atoms with Crippen LogP contribution in [0.15, 0.2) is 24.3 Å². The van der Waals surface area contributed by atoms with E-state index in [1.54, 1.807) is 4.90 Å². The molecule has 0 spiro atoms. The zero-order valence-corrected chi connectivity index (χ0v) is 19.4. The molecule has 1 aromatic carbocycles. The van der Waals surface area contributed by atoms with Gasteiger partial charge in [-0.05, 0) is 69.7 Å². The van der Waals surface area contributed by atoms with Crippen molar-refractivity contribution in [3.8, 4) is 17.0 Å². The molecule has 2 fully saturated rings. The number of aromatic nitrogens is 2. The third kappa shape index (κ3) is 5.49. The highest BCUT2D eigenvalue weighted by molar-refractivity contribution is 5.70. The molecule has 2 atom stereocenters. The van der Waals surface area contributed by atoms with Crippen LogP contribution in [0.3, 0.4) is 0 Å². The Hall–Kier alpha value is -3.03. The summed E-state index contributed by atoms with van der Waals surface area (Å²) in [7, 11) is 1.81. The average molecular weight is 456 g/mol. The minimum Gasteiger partial charge on any atom is -0.490 e. The van der Waals surface area contributed by atoms with E-state index in [2.05, 4.69) is 10.2 Å². The molecule has 2 aromatic rings. The number of aryl methyl sites for hydroxylation is 1. The van der Waals surface area contributed by atoms with E-state index in [9.17, 15) is 14.7 Å². The van der Waals surface area contributed by atoms with Gasteiger partial charge in [-0.1, -0.05) is 12.8 Å². The molecule has 1 amide bonds. The number of amides is 1. The van der Waals surface area contributed by atoms with E-state index in [-0.39, 0.29) is 30.8 Å². The van der Waals surface area contributed by atoms with E-state index in [0.717, 1.165) is 73.2 Å². The predicted molar refractivity (Wildman–Crippen MR) is 123 cm³/mol. The first-order valence-electron chi connectivity index (χ1n) is 11.9. The maximum atomic E-state index is 12.5. The molecule has 2 aliphatic rings. The van der Waals surface area contributed by atoms with Gasteiger partial charge in [0, 0.05) is 24.2 Å². The zero-order valence-electron chi connectivity index (χ0n) is 19.4. The summed E-state index contributed by atoms with van der Waals surface area (Å²) in [5.41, 5.74) is 3.39. The number of aromatic amines is 1. The highest BCUT2D eigenvalue weighted by Crippen LogP contribution is 2.31. The molecule has 1 heterocycles. The van der Waals surface area contributed by atoms with Gasteiger partial charge in [-0.2, -0.15) is 5.10 Å². The summed E-state index contributed by atoms with van der Waals surface area (Å²) in [5, 5.41) is 16.7. The number of nitrogens with one attached hydrogen (secondary N) is 1. The van der Waals surface area contributed by atoms with Crippen molar-refractivity contribution in [2.24, 2.45) is 5.92 Å². The highest BCUT2D eigenvalue weighted by atomic mass is 16.6. The lowest BCUT2D eigenvalue weighted by Crippen LogP contribution is -2.35. The quantitative estimate of drug-likeness (QED) is 0.614.